The third-order valence-corrected chi connectivity index (χ3v) is 4.54. The third kappa shape index (κ3) is 2.91. The molecule has 20 heavy (non-hydrogen) atoms. The summed E-state index contributed by atoms with van der Waals surface area (Å²) >= 11 is 1.73. The van der Waals surface area contributed by atoms with Crippen LogP contribution in [0.2, 0.25) is 0 Å². The third-order valence-electron chi connectivity index (χ3n) is 3.66. The zero-order valence-electron chi connectivity index (χ0n) is 12.0. The maximum absolute atomic E-state index is 5.73. The lowest BCUT2D eigenvalue weighted by atomic mass is 10.0. The Morgan fingerprint density at radius 3 is 3.00 bits per heavy atom. The fourth-order valence-electron chi connectivity index (χ4n) is 2.60. The van der Waals surface area contributed by atoms with Crippen molar-refractivity contribution >= 4 is 11.3 Å². The first kappa shape index (κ1) is 13.7. The quantitative estimate of drug-likeness (QED) is 0.864. The minimum absolute atomic E-state index is 0.285. The Labute approximate surface area is 123 Å². The molecular weight excluding hydrogens is 272 g/mol. The first-order valence-electron chi connectivity index (χ1n) is 7.19. The lowest BCUT2D eigenvalue weighted by molar-refractivity contribution is 0.126. The minimum atomic E-state index is 0.285. The topological polar surface area (TPSA) is 55.1 Å². The molecule has 1 saturated heterocycles. The molecule has 3 rings (SSSR count). The van der Waals surface area contributed by atoms with E-state index in [4.69, 9.17) is 4.42 Å². The molecule has 5 nitrogen and oxygen atoms in total. The van der Waals surface area contributed by atoms with Gasteiger partial charge in [0.1, 0.15) is 5.01 Å². The molecule has 0 spiro atoms. The van der Waals surface area contributed by atoms with E-state index in [0.717, 1.165) is 24.9 Å². The highest BCUT2D eigenvalue weighted by Crippen LogP contribution is 2.33. The van der Waals surface area contributed by atoms with E-state index in [9.17, 15) is 0 Å². The molecule has 6 heteroatoms. The van der Waals surface area contributed by atoms with E-state index in [1.54, 1.807) is 11.3 Å². The fraction of sp³-hybridized carbons (Fsp3) is 0.643. The molecule has 1 fully saturated rings. The van der Waals surface area contributed by atoms with Gasteiger partial charge in [-0.3, -0.25) is 4.90 Å². The number of likely N-dealkylation sites (tertiary alicyclic amines) is 1. The van der Waals surface area contributed by atoms with Crippen molar-refractivity contribution in [1.82, 2.24) is 20.1 Å². The molecule has 1 aliphatic heterocycles. The van der Waals surface area contributed by atoms with E-state index in [-0.39, 0.29) is 5.92 Å². The molecule has 108 valence electrons. The zero-order chi connectivity index (χ0) is 13.9. The molecule has 0 bridgehead atoms. The van der Waals surface area contributed by atoms with Crippen LogP contribution in [0.1, 0.15) is 61.9 Å². The number of hydrogen-bond acceptors (Lipinski definition) is 6. The van der Waals surface area contributed by atoms with E-state index in [0.29, 0.717) is 6.04 Å². The highest BCUT2D eigenvalue weighted by atomic mass is 32.1. The van der Waals surface area contributed by atoms with Crippen molar-refractivity contribution in [2.45, 2.75) is 51.6 Å². The Hall–Kier alpha value is -1.27. The van der Waals surface area contributed by atoms with Crippen LogP contribution in [0.4, 0.5) is 0 Å². The maximum Gasteiger partial charge on any atom is 0.230 e. The smallest absolute Gasteiger partial charge is 0.230 e. The zero-order valence-corrected chi connectivity index (χ0v) is 12.8. The molecule has 0 aromatic carbocycles. The van der Waals surface area contributed by atoms with Gasteiger partial charge >= 0.3 is 0 Å². The number of rotatable bonds is 4. The van der Waals surface area contributed by atoms with Crippen LogP contribution in [0.5, 0.6) is 0 Å². The van der Waals surface area contributed by atoms with Crippen molar-refractivity contribution in [2.24, 2.45) is 0 Å². The molecular formula is C14H20N4OS. The van der Waals surface area contributed by atoms with Gasteiger partial charge < -0.3 is 4.42 Å². The van der Waals surface area contributed by atoms with E-state index >= 15 is 0 Å². The summed E-state index contributed by atoms with van der Waals surface area (Å²) in [5.41, 5.74) is 0. The van der Waals surface area contributed by atoms with Gasteiger partial charge in [-0.25, -0.2) is 4.98 Å². The summed E-state index contributed by atoms with van der Waals surface area (Å²) in [6.07, 6.45) is 5.55. The summed E-state index contributed by atoms with van der Waals surface area (Å²) in [7, 11) is 0. The molecule has 0 N–H and O–H groups in total. The summed E-state index contributed by atoms with van der Waals surface area (Å²) < 4.78 is 5.73. The predicted octanol–water partition coefficient (Wildman–Crippen LogP) is 3.38. The molecule has 1 atom stereocenters. The fourth-order valence-corrected chi connectivity index (χ4v) is 3.40. The average Bonchev–Trinajstić information content (AvgIpc) is 3.10. The lowest BCUT2D eigenvalue weighted by Gasteiger charge is -2.33. The second-order valence-corrected chi connectivity index (χ2v) is 6.47. The summed E-state index contributed by atoms with van der Waals surface area (Å²) in [6, 6.07) is 0.401. The SMILES string of the molecule is CC(C)c1nnc(CN2CCCC[C@H]2c2nccs2)o1. The molecule has 3 heterocycles. The van der Waals surface area contributed by atoms with E-state index < -0.39 is 0 Å². The highest BCUT2D eigenvalue weighted by molar-refractivity contribution is 7.09. The van der Waals surface area contributed by atoms with Gasteiger partial charge in [0.15, 0.2) is 0 Å². The second-order valence-electron chi connectivity index (χ2n) is 5.54. The van der Waals surface area contributed by atoms with E-state index in [1.165, 1.54) is 24.3 Å². The predicted molar refractivity (Wildman–Crippen MR) is 77.5 cm³/mol. The van der Waals surface area contributed by atoms with Gasteiger partial charge in [-0.05, 0) is 19.4 Å². The van der Waals surface area contributed by atoms with Crippen LogP contribution in [-0.2, 0) is 6.54 Å². The minimum Gasteiger partial charge on any atom is -0.424 e. The highest BCUT2D eigenvalue weighted by Gasteiger charge is 2.27. The van der Waals surface area contributed by atoms with E-state index in [1.807, 2.05) is 11.6 Å². The number of hydrogen-bond donors (Lipinski definition) is 0. The van der Waals surface area contributed by atoms with Crippen LogP contribution >= 0.6 is 11.3 Å². The normalized spacial score (nSPS) is 20.6. The van der Waals surface area contributed by atoms with Gasteiger partial charge in [0.2, 0.25) is 11.8 Å². The van der Waals surface area contributed by atoms with Crippen LogP contribution in [-0.4, -0.2) is 26.6 Å². The molecule has 2 aromatic heterocycles. The molecule has 0 radical (unpaired) electrons. The van der Waals surface area contributed by atoms with Crippen molar-refractivity contribution < 1.29 is 4.42 Å². The largest absolute Gasteiger partial charge is 0.424 e. The van der Waals surface area contributed by atoms with Gasteiger partial charge in [0, 0.05) is 17.5 Å². The van der Waals surface area contributed by atoms with Crippen molar-refractivity contribution in [3.8, 4) is 0 Å². The monoisotopic (exact) mass is 292 g/mol. The van der Waals surface area contributed by atoms with Crippen molar-refractivity contribution in [3.63, 3.8) is 0 Å². The summed E-state index contributed by atoms with van der Waals surface area (Å²) in [4.78, 5) is 6.89. The summed E-state index contributed by atoms with van der Waals surface area (Å²) in [5, 5.41) is 11.5. The average molecular weight is 292 g/mol. The van der Waals surface area contributed by atoms with Crippen LogP contribution in [0.3, 0.4) is 0 Å². The number of nitrogens with zero attached hydrogens (tertiary/aromatic N) is 4. The molecule has 0 aliphatic carbocycles. The van der Waals surface area contributed by atoms with Crippen LogP contribution < -0.4 is 0 Å². The van der Waals surface area contributed by atoms with Crippen molar-refractivity contribution in [1.29, 1.82) is 0 Å². The molecule has 1 aliphatic rings. The van der Waals surface area contributed by atoms with Crippen LogP contribution in [0.25, 0.3) is 0 Å². The van der Waals surface area contributed by atoms with Crippen LogP contribution in [0, 0.1) is 0 Å². The molecule has 0 saturated carbocycles. The standard InChI is InChI=1S/C14H20N4OS/c1-10(2)13-17-16-12(19-13)9-18-7-4-3-5-11(18)14-15-6-8-20-14/h6,8,10-11H,3-5,7,9H2,1-2H3/t11-/m0/s1. The van der Waals surface area contributed by atoms with Crippen molar-refractivity contribution in [2.75, 3.05) is 6.54 Å². The van der Waals surface area contributed by atoms with Crippen LogP contribution in [0.15, 0.2) is 16.0 Å². The summed E-state index contributed by atoms with van der Waals surface area (Å²) in [6.45, 7) is 5.93. The molecule has 0 unspecified atom stereocenters. The first-order valence-corrected chi connectivity index (χ1v) is 8.07. The van der Waals surface area contributed by atoms with Gasteiger partial charge in [0.25, 0.3) is 0 Å². The van der Waals surface area contributed by atoms with E-state index in [2.05, 4.69) is 33.9 Å². The number of piperidine rings is 1. The van der Waals surface area contributed by atoms with Gasteiger partial charge in [0.05, 0.1) is 12.6 Å². The van der Waals surface area contributed by atoms with Gasteiger partial charge in [-0.1, -0.05) is 20.3 Å². The Morgan fingerprint density at radius 1 is 1.40 bits per heavy atom. The molecule has 2 aromatic rings. The Bertz CT molecular complexity index is 537. The Balaban J connectivity index is 1.73. The Morgan fingerprint density at radius 2 is 2.30 bits per heavy atom. The molecule has 0 amide bonds. The van der Waals surface area contributed by atoms with Crippen molar-refractivity contribution in [3.05, 3.63) is 28.4 Å². The lowest BCUT2D eigenvalue weighted by Crippen LogP contribution is -2.33. The van der Waals surface area contributed by atoms with Gasteiger partial charge in [-0.15, -0.1) is 21.5 Å². The second kappa shape index (κ2) is 6.01. The Kier molecular flexibility index (Phi) is 4.12. The van der Waals surface area contributed by atoms with Gasteiger partial charge in [-0.2, -0.15) is 0 Å². The summed E-state index contributed by atoms with van der Waals surface area (Å²) in [5.74, 6) is 1.73. The number of aromatic nitrogens is 3. The first-order chi connectivity index (χ1) is 9.74. The maximum atomic E-state index is 5.73. The number of thiazole rings is 1.